The molecule has 1 aliphatic carbocycles. The van der Waals surface area contributed by atoms with E-state index < -0.39 is 0 Å². The molecule has 1 aromatic rings. The minimum Gasteiger partial charge on any atom is -0.271 e. The van der Waals surface area contributed by atoms with Gasteiger partial charge < -0.3 is 0 Å². The van der Waals surface area contributed by atoms with Crippen LogP contribution in [0.5, 0.6) is 0 Å². The van der Waals surface area contributed by atoms with Crippen LogP contribution in [0, 0.1) is 5.92 Å². The molecular weight excluding hydrogens is 312 g/mol. The largest absolute Gasteiger partial charge is 0.271 e. The van der Waals surface area contributed by atoms with Crippen molar-refractivity contribution in [3.8, 4) is 0 Å². The Morgan fingerprint density at radius 3 is 2.44 bits per heavy atom. The van der Waals surface area contributed by atoms with Crippen molar-refractivity contribution in [2.24, 2.45) is 11.8 Å². The van der Waals surface area contributed by atoms with E-state index in [1.807, 2.05) is 12.1 Å². The van der Waals surface area contributed by atoms with Gasteiger partial charge in [0.2, 0.25) is 0 Å². The molecule has 1 saturated carbocycles. The summed E-state index contributed by atoms with van der Waals surface area (Å²) >= 11 is 9.78. The Balaban J connectivity index is 2.20. The average Bonchev–Trinajstić information content (AvgIpc) is 2.62. The first-order valence-electron chi connectivity index (χ1n) is 6.63. The monoisotopic (exact) mass is 330 g/mol. The van der Waals surface area contributed by atoms with Crippen molar-refractivity contribution in [1.29, 1.82) is 0 Å². The summed E-state index contributed by atoms with van der Waals surface area (Å²) in [6.45, 7) is 0. The molecule has 100 valence electrons. The van der Waals surface area contributed by atoms with Crippen LogP contribution in [-0.4, -0.2) is 0 Å². The average molecular weight is 332 g/mol. The first-order chi connectivity index (χ1) is 8.72. The highest BCUT2D eigenvalue weighted by atomic mass is 79.9. The molecule has 0 spiro atoms. The molecule has 1 atom stereocenters. The SMILES string of the molecule is NNC(c1ccc(Br)cc1Cl)C1CCCCCC1. The van der Waals surface area contributed by atoms with Crippen LogP contribution in [0.4, 0.5) is 0 Å². The van der Waals surface area contributed by atoms with Crippen molar-refractivity contribution in [2.75, 3.05) is 0 Å². The van der Waals surface area contributed by atoms with Crippen LogP contribution < -0.4 is 11.3 Å². The molecule has 1 unspecified atom stereocenters. The third kappa shape index (κ3) is 3.47. The van der Waals surface area contributed by atoms with Crippen LogP contribution in [-0.2, 0) is 0 Å². The second-order valence-electron chi connectivity index (χ2n) is 5.06. The van der Waals surface area contributed by atoms with Gasteiger partial charge in [-0.25, -0.2) is 0 Å². The zero-order valence-corrected chi connectivity index (χ0v) is 12.8. The van der Waals surface area contributed by atoms with Crippen LogP contribution in [0.15, 0.2) is 22.7 Å². The lowest BCUT2D eigenvalue weighted by Gasteiger charge is -2.26. The van der Waals surface area contributed by atoms with Gasteiger partial charge in [0.1, 0.15) is 0 Å². The van der Waals surface area contributed by atoms with Crippen LogP contribution in [0.25, 0.3) is 0 Å². The van der Waals surface area contributed by atoms with Gasteiger partial charge in [0.15, 0.2) is 0 Å². The fourth-order valence-corrected chi connectivity index (χ4v) is 3.67. The topological polar surface area (TPSA) is 38.0 Å². The van der Waals surface area contributed by atoms with Gasteiger partial charge in [-0.1, -0.05) is 59.3 Å². The molecule has 0 radical (unpaired) electrons. The van der Waals surface area contributed by atoms with E-state index in [9.17, 15) is 0 Å². The fourth-order valence-electron chi connectivity index (χ4n) is 2.88. The number of halogens is 2. The molecule has 3 N–H and O–H groups in total. The van der Waals surface area contributed by atoms with Crippen LogP contribution >= 0.6 is 27.5 Å². The molecular formula is C14H20BrClN2. The number of nitrogens with two attached hydrogens (primary N) is 1. The molecule has 0 heterocycles. The Morgan fingerprint density at radius 2 is 1.89 bits per heavy atom. The summed E-state index contributed by atoms with van der Waals surface area (Å²) in [4.78, 5) is 0. The third-order valence-electron chi connectivity index (χ3n) is 3.85. The summed E-state index contributed by atoms with van der Waals surface area (Å²) in [7, 11) is 0. The molecule has 0 aromatic heterocycles. The molecule has 1 aromatic carbocycles. The zero-order chi connectivity index (χ0) is 13.0. The maximum Gasteiger partial charge on any atom is 0.0502 e. The predicted octanol–water partition coefficient (Wildman–Crippen LogP) is 4.58. The van der Waals surface area contributed by atoms with E-state index >= 15 is 0 Å². The number of benzene rings is 1. The molecule has 18 heavy (non-hydrogen) atoms. The number of hydrazine groups is 1. The second kappa shape index (κ2) is 6.90. The van der Waals surface area contributed by atoms with Crippen molar-refractivity contribution < 1.29 is 0 Å². The molecule has 0 aliphatic heterocycles. The summed E-state index contributed by atoms with van der Waals surface area (Å²) in [5.74, 6) is 6.37. The lowest BCUT2D eigenvalue weighted by molar-refractivity contribution is 0.329. The molecule has 2 rings (SSSR count). The van der Waals surface area contributed by atoms with E-state index in [2.05, 4.69) is 27.4 Å². The Morgan fingerprint density at radius 1 is 1.22 bits per heavy atom. The molecule has 0 amide bonds. The highest BCUT2D eigenvalue weighted by Crippen LogP contribution is 2.36. The second-order valence-corrected chi connectivity index (χ2v) is 6.38. The predicted molar refractivity (Wildman–Crippen MR) is 80.4 cm³/mol. The van der Waals surface area contributed by atoms with Crippen LogP contribution in [0.3, 0.4) is 0 Å². The lowest BCUT2D eigenvalue weighted by Crippen LogP contribution is -2.33. The van der Waals surface area contributed by atoms with Crippen LogP contribution in [0.1, 0.15) is 50.1 Å². The number of hydrogen-bond donors (Lipinski definition) is 2. The van der Waals surface area contributed by atoms with Crippen molar-refractivity contribution in [1.82, 2.24) is 5.43 Å². The third-order valence-corrected chi connectivity index (χ3v) is 4.67. The fraction of sp³-hybridized carbons (Fsp3) is 0.571. The van der Waals surface area contributed by atoms with Gasteiger partial charge in [-0.15, -0.1) is 0 Å². The summed E-state index contributed by atoms with van der Waals surface area (Å²) in [5, 5.41) is 0.788. The first-order valence-corrected chi connectivity index (χ1v) is 7.80. The van der Waals surface area contributed by atoms with Gasteiger partial charge >= 0.3 is 0 Å². The van der Waals surface area contributed by atoms with E-state index in [1.54, 1.807) is 0 Å². The van der Waals surface area contributed by atoms with E-state index in [1.165, 1.54) is 38.5 Å². The molecule has 2 nitrogen and oxygen atoms in total. The van der Waals surface area contributed by atoms with Gasteiger partial charge in [-0.2, -0.15) is 0 Å². The van der Waals surface area contributed by atoms with Crippen molar-refractivity contribution >= 4 is 27.5 Å². The van der Waals surface area contributed by atoms with Crippen LogP contribution in [0.2, 0.25) is 5.02 Å². The van der Waals surface area contributed by atoms with Gasteiger partial charge in [0.05, 0.1) is 6.04 Å². The summed E-state index contributed by atoms with van der Waals surface area (Å²) in [6, 6.07) is 6.21. The summed E-state index contributed by atoms with van der Waals surface area (Å²) in [5.41, 5.74) is 4.10. The number of hydrogen-bond acceptors (Lipinski definition) is 2. The molecule has 0 bridgehead atoms. The Labute approximate surface area is 122 Å². The zero-order valence-electron chi connectivity index (χ0n) is 10.5. The van der Waals surface area contributed by atoms with Gasteiger partial charge in [-0.3, -0.25) is 11.3 Å². The molecule has 4 heteroatoms. The standard InChI is InChI=1S/C14H20BrClN2/c15-11-7-8-12(13(16)9-11)14(18-17)10-5-3-1-2-4-6-10/h7-10,14,18H,1-6,17H2. The van der Waals surface area contributed by atoms with Gasteiger partial charge in [0, 0.05) is 9.50 Å². The van der Waals surface area contributed by atoms with Crippen molar-refractivity contribution in [3.63, 3.8) is 0 Å². The summed E-state index contributed by atoms with van der Waals surface area (Å²) in [6.07, 6.45) is 7.78. The van der Waals surface area contributed by atoms with Gasteiger partial charge in [0.25, 0.3) is 0 Å². The number of rotatable bonds is 3. The quantitative estimate of drug-likeness (QED) is 0.483. The van der Waals surface area contributed by atoms with E-state index in [0.717, 1.165) is 15.1 Å². The minimum atomic E-state index is 0.170. The smallest absolute Gasteiger partial charge is 0.0502 e. The Hall–Kier alpha value is -0.0900. The van der Waals surface area contributed by atoms with E-state index in [-0.39, 0.29) is 6.04 Å². The maximum absolute atomic E-state index is 6.34. The van der Waals surface area contributed by atoms with Gasteiger partial charge in [-0.05, 0) is 36.5 Å². The minimum absolute atomic E-state index is 0.170. The van der Waals surface area contributed by atoms with Crippen molar-refractivity contribution in [3.05, 3.63) is 33.3 Å². The highest BCUT2D eigenvalue weighted by molar-refractivity contribution is 9.10. The maximum atomic E-state index is 6.34. The first kappa shape index (κ1) is 14.3. The van der Waals surface area contributed by atoms with E-state index in [0.29, 0.717) is 5.92 Å². The Bertz CT molecular complexity index is 389. The molecule has 1 fully saturated rings. The molecule has 1 aliphatic rings. The normalized spacial score (nSPS) is 19.5. The highest BCUT2D eigenvalue weighted by Gasteiger charge is 2.24. The lowest BCUT2D eigenvalue weighted by atomic mass is 9.87. The van der Waals surface area contributed by atoms with E-state index in [4.69, 9.17) is 17.4 Å². The van der Waals surface area contributed by atoms with Crippen molar-refractivity contribution in [2.45, 2.75) is 44.6 Å². The summed E-state index contributed by atoms with van der Waals surface area (Å²) < 4.78 is 1.01. The number of nitrogens with one attached hydrogen (secondary N) is 1. The Kier molecular flexibility index (Phi) is 5.49. The molecule has 0 saturated heterocycles.